The Labute approximate surface area is 157 Å². The zero-order valence-corrected chi connectivity index (χ0v) is 16.7. The van der Waals surface area contributed by atoms with Crippen LogP contribution in [0.2, 0.25) is 0 Å². The summed E-state index contributed by atoms with van der Waals surface area (Å²) in [6.45, 7) is 2.67. The van der Waals surface area contributed by atoms with Crippen molar-refractivity contribution in [2.75, 3.05) is 31.3 Å². The van der Waals surface area contributed by atoms with Crippen molar-refractivity contribution in [2.45, 2.75) is 39.0 Å². The summed E-state index contributed by atoms with van der Waals surface area (Å²) in [6.07, 6.45) is 5.19. The van der Waals surface area contributed by atoms with E-state index in [4.69, 9.17) is 4.74 Å². The van der Waals surface area contributed by atoms with Crippen molar-refractivity contribution in [2.24, 2.45) is 5.92 Å². The van der Waals surface area contributed by atoms with Crippen molar-refractivity contribution < 1.29 is 22.7 Å². The summed E-state index contributed by atoms with van der Waals surface area (Å²) in [7, 11) is -3.31. The van der Waals surface area contributed by atoms with Gasteiger partial charge in [-0.05, 0) is 44.6 Å². The van der Waals surface area contributed by atoms with Crippen molar-refractivity contribution in [1.29, 1.82) is 0 Å². The zero-order chi connectivity index (χ0) is 18.9. The van der Waals surface area contributed by atoms with E-state index >= 15 is 0 Å². The summed E-state index contributed by atoms with van der Waals surface area (Å²) in [5.74, 6) is -1.04. The number of nitrogens with zero attached hydrogens (tertiary/aromatic N) is 1. The van der Waals surface area contributed by atoms with Gasteiger partial charge in [-0.15, -0.1) is 11.3 Å². The van der Waals surface area contributed by atoms with Crippen LogP contribution in [0.5, 0.6) is 0 Å². The number of anilines is 1. The molecular weight excluding hydrogens is 376 g/mol. The maximum Gasteiger partial charge on any atom is 0.341 e. The average Bonchev–Trinajstić information content (AvgIpc) is 3.14. The van der Waals surface area contributed by atoms with Crippen molar-refractivity contribution in [3.63, 3.8) is 0 Å². The first-order valence-electron chi connectivity index (χ1n) is 8.89. The number of hydrogen-bond acceptors (Lipinski definition) is 6. The lowest BCUT2D eigenvalue weighted by molar-refractivity contribution is -0.120. The summed E-state index contributed by atoms with van der Waals surface area (Å²) in [5, 5.41) is 3.41. The minimum atomic E-state index is -3.31. The van der Waals surface area contributed by atoms with E-state index in [9.17, 15) is 18.0 Å². The summed E-state index contributed by atoms with van der Waals surface area (Å²) in [4.78, 5) is 26.2. The van der Waals surface area contributed by atoms with Gasteiger partial charge in [0.15, 0.2) is 0 Å². The van der Waals surface area contributed by atoms with Crippen LogP contribution >= 0.6 is 11.3 Å². The molecule has 26 heavy (non-hydrogen) atoms. The fourth-order valence-electron chi connectivity index (χ4n) is 3.58. The molecular formula is C17H24N2O5S2. The number of hydrogen-bond donors (Lipinski definition) is 1. The van der Waals surface area contributed by atoms with Gasteiger partial charge in [0.25, 0.3) is 0 Å². The van der Waals surface area contributed by atoms with E-state index in [0.29, 0.717) is 30.0 Å². The Morgan fingerprint density at radius 1 is 1.31 bits per heavy atom. The number of rotatable bonds is 5. The third-order valence-corrected chi connectivity index (χ3v) is 7.34. The maximum atomic E-state index is 12.7. The second-order valence-electron chi connectivity index (χ2n) is 6.73. The number of sulfonamides is 1. The molecule has 1 fully saturated rings. The van der Waals surface area contributed by atoms with Crippen LogP contribution in [0.15, 0.2) is 0 Å². The fourth-order valence-corrected chi connectivity index (χ4v) is 5.77. The van der Waals surface area contributed by atoms with Crippen LogP contribution in [0.4, 0.5) is 5.00 Å². The van der Waals surface area contributed by atoms with Gasteiger partial charge in [0.1, 0.15) is 5.00 Å². The van der Waals surface area contributed by atoms with Gasteiger partial charge in [0.2, 0.25) is 15.9 Å². The molecule has 7 nitrogen and oxygen atoms in total. The van der Waals surface area contributed by atoms with Crippen LogP contribution in [-0.2, 0) is 32.4 Å². The molecule has 0 aromatic carbocycles. The summed E-state index contributed by atoms with van der Waals surface area (Å²) in [6, 6.07) is 0. The second-order valence-corrected chi connectivity index (χ2v) is 9.82. The fraction of sp³-hybridized carbons (Fsp3) is 0.647. The number of amides is 1. The predicted octanol–water partition coefficient (Wildman–Crippen LogP) is 2.02. The van der Waals surface area contributed by atoms with Gasteiger partial charge in [-0.1, -0.05) is 0 Å². The Morgan fingerprint density at radius 2 is 2.08 bits per heavy atom. The van der Waals surface area contributed by atoms with E-state index in [-0.39, 0.29) is 19.1 Å². The molecule has 1 unspecified atom stereocenters. The van der Waals surface area contributed by atoms with E-state index in [1.807, 2.05) is 0 Å². The predicted molar refractivity (Wildman–Crippen MR) is 100 cm³/mol. The molecule has 1 atom stereocenters. The SMILES string of the molecule is CCOC(=O)c1c(NC(=O)C2CCCN(S(C)(=O)=O)C2)sc2c1CCC2. The van der Waals surface area contributed by atoms with Gasteiger partial charge in [-0.2, -0.15) is 0 Å². The van der Waals surface area contributed by atoms with Crippen molar-refractivity contribution in [3.8, 4) is 0 Å². The first kappa shape index (κ1) is 19.3. The normalized spacial score (nSPS) is 20.6. The van der Waals surface area contributed by atoms with Gasteiger partial charge >= 0.3 is 5.97 Å². The molecule has 2 aliphatic rings. The molecule has 0 saturated carbocycles. The molecule has 0 bridgehead atoms. The molecule has 9 heteroatoms. The highest BCUT2D eigenvalue weighted by Gasteiger charge is 2.33. The molecule has 144 valence electrons. The van der Waals surface area contributed by atoms with Crippen molar-refractivity contribution >= 4 is 38.2 Å². The highest BCUT2D eigenvalue weighted by atomic mass is 32.2. The van der Waals surface area contributed by atoms with E-state index in [1.54, 1.807) is 6.92 Å². The van der Waals surface area contributed by atoms with Gasteiger partial charge in [0.05, 0.1) is 24.3 Å². The number of aryl methyl sites for hydroxylation is 1. The minimum Gasteiger partial charge on any atom is -0.462 e. The summed E-state index contributed by atoms with van der Waals surface area (Å²) in [5.41, 5.74) is 1.47. The zero-order valence-electron chi connectivity index (χ0n) is 15.0. The largest absolute Gasteiger partial charge is 0.462 e. The smallest absolute Gasteiger partial charge is 0.341 e. The highest BCUT2D eigenvalue weighted by Crippen LogP contribution is 2.40. The van der Waals surface area contributed by atoms with Crippen molar-refractivity contribution in [1.82, 2.24) is 4.31 Å². The number of piperidine rings is 1. The van der Waals surface area contributed by atoms with E-state index in [1.165, 1.54) is 15.6 Å². The molecule has 3 rings (SSSR count). The molecule has 1 amide bonds. The Kier molecular flexibility index (Phi) is 5.69. The Balaban J connectivity index is 1.78. The summed E-state index contributed by atoms with van der Waals surface area (Å²) < 4.78 is 30.0. The molecule has 1 saturated heterocycles. The highest BCUT2D eigenvalue weighted by molar-refractivity contribution is 7.88. The quantitative estimate of drug-likeness (QED) is 0.764. The number of carbonyl (C=O) groups excluding carboxylic acids is 2. The molecule has 0 spiro atoms. The van der Waals surface area contributed by atoms with Crippen LogP contribution in [-0.4, -0.2) is 50.6 Å². The van der Waals surface area contributed by atoms with Crippen LogP contribution < -0.4 is 5.32 Å². The molecule has 2 heterocycles. The number of fused-ring (bicyclic) bond motifs is 1. The topological polar surface area (TPSA) is 92.8 Å². The lowest BCUT2D eigenvalue weighted by Crippen LogP contribution is -2.43. The first-order valence-corrected chi connectivity index (χ1v) is 11.6. The molecule has 1 aliphatic heterocycles. The third kappa shape index (κ3) is 3.94. The number of esters is 1. The Bertz CT molecular complexity index is 815. The first-order chi connectivity index (χ1) is 12.3. The molecule has 0 radical (unpaired) electrons. The number of carbonyl (C=O) groups is 2. The maximum absolute atomic E-state index is 12.7. The molecule has 1 aromatic heterocycles. The van der Waals surface area contributed by atoms with Gasteiger partial charge < -0.3 is 10.1 Å². The number of nitrogens with one attached hydrogen (secondary N) is 1. The molecule has 1 N–H and O–H groups in total. The Morgan fingerprint density at radius 3 is 2.77 bits per heavy atom. The van der Waals surface area contributed by atoms with E-state index in [2.05, 4.69) is 5.32 Å². The van der Waals surface area contributed by atoms with Crippen LogP contribution in [0.1, 0.15) is 47.0 Å². The number of ether oxygens (including phenoxy) is 1. The van der Waals surface area contributed by atoms with Crippen molar-refractivity contribution in [3.05, 3.63) is 16.0 Å². The Hall–Kier alpha value is -1.45. The van der Waals surface area contributed by atoms with Gasteiger partial charge in [-0.25, -0.2) is 17.5 Å². The monoisotopic (exact) mass is 400 g/mol. The lowest BCUT2D eigenvalue weighted by atomic mass is 9.99. The molecule has 1 aromatic rings. The third-order valence-electron chi connectivity index (χ3n) is 4.86. The van der Waals surface area contributed by atoms with E-state index in [0.717, 1.165) is 36.0 Å². The van der Waals surface area contributed by atoms with Gasteiger partial charge in [-0.3, -0.25) is 4.79 Å². The minimum absolute atomic E-state index is 0.185. The van der Waals surface area contributed by atoms with E-state index < -0.39 is 21.9 Å². The summed E-state index contributed by atoms with van der Waals surface area (Å²) >= 11 is 1.44. The van der Waals surface area contributed by atoms with Crippen LogP contribution in [0.25, 0.3) is 0 Å². The average molecular weight is 401 g/mol. The van der Waals surface area contributed by atoms with Crippen LogP contribution in [0.3, 0.4) is 0 Å². The van der Waals surface area contributed by atoms with Crippen LogP contribution in [0, 0.1) is 5.92 Å². The lowest BCUT2D eigenvalue weighted by Gasteiger charge is -2.30. The number of thiophene rings is 1. The molecule has 1 aliphatic carbocycles. The second kappa shape index (κ2) is 7.66. The van der Waals surface area contributed by atoms with Gasteiger partial charge in [0, 0.05) is 18.0 Å². The standard InChI is InChI=1S/C17H24N2O5S2/c1-3-24-17(21)14-12-7-4-8-13(12)25-16(14)18-15(20)11-6-5-9-19(10-11)26(2,22)23/h11H,3-10H2,1-2H3,(H,18,20).